The standard InChI is InChI=1S/C14H16BrN3O2/c1-2-18-9-12(15)13(17-18)8-16-14(19)20-10-11-6-4-3-5-7-11/h3-7,9H,2,8,10H2,1H3,(H,16,19). The van der Waals surface area contributed by atoms with Gasteiger partial charge in [-0.25, -0.2) is 4.79 Å². The third-order valence-electron chi connectivity index (χ3n) is 2.72. The molecule has 0 radical (unpaired) electrons. The molecule has 1 N–H and O–H groups in total. The summed E-state index contributed by atoms with van der Waals surface area (Å²) in [5.74, 6) is 0. The molecule has 1 amide bonds. The van der Waals surface area contributed by atoms with Crippen molar-refractivity contribution in [2.75, 3.05) is 0 Å². The van der Waals surface area contributed by atoms with Crippen LogP contribution < -0.4 is 5.32 Å². The highest BCUT2D eigenvalue weighted by atomic mass is 79.9. The Bertz CT molecular complexity index is 569. The molecule has 20 heavy (non-hydrogen) atoms. The summed E-state index contributed by atoms with van der Waals surface area (Å²) >= 11 is 3.41. The maximum absolute atomic E-state index is 11.6. The van der Waals surface area contributed by atoms with E-state index in [-0.39, 0.29) is 6.61 Å². The van der Waals surface area contributed by atoms with Gasteiger partial charge in [0.2, 0.25) is 0 Å². The first-order valence-electron chi connectivity index (χ1n) is 6.35. The summed E-state index contributed by atoms with van der Waals surface area (Å²) in [6, 6.07) is 9.56. The summed E-state index contributed by atoms with van der Waals surface area (Å²) in [5.41, 5.74) is 1.74. The van der Waals surface area contributed by atoms with Gasteiger partial charge in [-0.3, -0.25) is 4.68 Å². The minimum atomic E-state index is -0.452. The van der Waals surface area contributed by atoms with E-state index < -0.39 is 6.09 Å². The molecule has 6 heteroatoms. The van der Waals surface area contributed by atoms with Crippen molar-refractivity contribution in [2.24, 2.45) is 0 Å². The van der Waals surface area contributed by atoms with E-state index in [1.54, 1.807) is 4.68 Å². The highest BCUT2D eigenvalue weighted by molar-refractivity contribution is 9.10. The first-order chi connectivity index (χ1) is 9.69. The van der Waals surface area contributed by atoms with Crippen molar-refractivity contribution in [3.8, 4) is 0 Å². The third kappa shape index (κ3) is 4.09. The minimum absolute atomic E-state index is 0.261. The molecular weight excluding hydrogens is 322 g/mol. The summed E-state index contributed by atoms with van der Waals surface area (Å²) in [6.07, 6.45) is 1.43. The van der Waals surface area contributed by atoms with Gasteiger partial charge in [-0.2, -0.15) is 5.10 Å². The van der Waals surface area contributed by atoms with E-state index in [4.69, 9.17) is 4.74 Å². The van der Waals surface area contributed by atoms with Gasteiger partial charge in [0.1, 0.15) is 6.61 Å². The minimum Gasteiger partial charge on any atom is -0.445 e. The van der Waals surface area contributed by atoms with Crippen LogP contribution in [0, 0.1) is 0 Å². The van der Waals surface area contributed by atoms with E-state index in [2.05, 4.69) is 26.3 Å². The van der Waals surface area contributed by atoms with Crippen LogP contribution in [0.25, 0.3) is 0 Å². The average Bonchev–Trinajstić information content (AvgIpc) is 2.84. The Morgan fingerprint density at radius 1 is 1.40 bits per heavy atom. The molecule has 0 aliphatic rings. The molecule has 0 aliphatic carbocycles. The second-order valence-corrected chi connectivity index (χ2v) is 5.05. The lowest BCUT2D eigenvalue weighted by molar-refractivity contribution is 0.139. The Balaban J connectivity index is 1.79. The van der Waals surface area contributed by atoms with Crippen LogP contribution in [-0.2, 0) is 24.4 Å². The fraction of sp³-hybridized carbons (Fsp3) is 0.286. The average molecular weight is 338 g/mol. The number of aryl methyl sites for hydroxylation is 1. The van der Waals surface area contributed by atoms with Crippen molar-refractivity contribution in [1.29, 1.82) is 0 Å². The van der Waals surface area contributed by atoms with Crippen molar-refractivity contribution >= 4 is 22.0 Å². The van der Waals surface area contributed by atoms with Crippen LogP contribution in [0.3, 0.4) is 0 Å². The number of alkyl carbamates (subject to hydrolysis) is 1. The molecule has 0 saturated carbocycles. The fourth-order valence-electron chi connectivity index (χ4n) is 1.65. The summed E-state index contributed by atoms with van der Waals surface area (Å²) in [4.78, 5) is 11.6. The predicted octanol–water partition coefficient (Wildman–Crippen LogP) is 3.09. The van der Waals surface area contributed by atoms with Gasteiger partial charge >= 0.3 is 6.09 Å². The van der Waals surface area contributed by atoms with Crippen LogP contribution in [0.5, 0.6) is 0 Å². The molecule has 0 atom stereocenters. The first-order valence-corrected chi connectivity index (χ1v) is 7.14. The van der Waals surface area contributed by atoms with Crippen molar-refractivity contribution in [2.45, 2.75) is 26.6 Å². The van der Waals surface area contributed by atoms with E-state index in [1.807, 2.05) is 43.5 Å². The lowest BCUT2D eigenvalue weighted by atomic mass is 10.2. The number of hydrogen-bond donors (Lipinski definition) is 1. The summed E-state index contributed by atoms with van der Waals surface area (Å²) in [6.45, 7) is 3.39. The van der Waals surface area contributed by atoms with Crippen molar-refractivity contribution in [3.05, 3.63) is 52.3 Å². The van der Waals surface area contributed by atoms with Gasteiger partial charge in [0, 0.05) is 12.7 Å². The molecule has 2 aromatic rings. The highest BCUT2D eigenvalue weighted by Gasteiger charge is 2.08. The largest absolute Gasteiger partial charge is 0.445 e. The second-order valence-electron chi connectivity index (χ2n) is 4.19. The number of carbonyl (C=O) groups excluding carboxylic acids is 1. The Labute approximate surface area is 126 Å². The number of hydrogen-bond acceptors (Lipinski definition) is 3. The van der Waals surface area contributed by atoms with Gasteiger partial charge < -0.3 is 10.1 Å². The van der Waals surface area contributed by atoms with Crippen molar-refractivity contribution < 1.29 is 9.53 Å². The number of benzene rings is 1. The number of carbonyl (C=O) groups is 1. The molecule has 0 spiro atoms. The topological polar surface area (TPSA) is 56.2 Å². The molecular formula is C14H16BrN3O2. The monoisotopic (exact) mass is 337 g/mol. The molecule has 0 fully saturated rings. The van der Waals surface area contributed by atoms with E-state index in [0.29, 0.717) is 6.54 Å². The third-order valence-corrected chi connectivity index (χ3v) is 3.39. The lowest BCUT2D eigenvalue weighted by Crippen LogP contribution is -2.24. The molecule has 106 valence electrons. The fourth-order valence-corrected chi connectivity index (χ4v) is 2.10. The number of rotatable bonds is 5. The zero-order chi connectivity index (χ0) is 14.4. The van der Waals surface area contributed by atoms with Crippen LogP contribution in [0.2, 0.25) is 0 Å². The van der Waals surface area contributed by atoms with Crippen molar-refractivity contribution in [1.82, 2.24) is 15.1 Å². The molecule has 1 aromatic carbocycles. The van der Waals surface area contributed by atoms with Gasteiger partial charge in [0.05, 0.1) is 16.7 Å². The Hall–Kier alpha value is -1.82. The van der Waals surface area contributed by atoms with Crippen LogP contribution in [0.15, 0.2) is 41.0 Å². The number of nitrogens with one attached hydrogen (secondary N) is 1. The molecule has 0 saturated heterocycles. The summed E-state index contributed by atoms with van der Waals surface area (Å²) < 4.78 is 7.80. The zero-order valence-corrected chi connectivity index (χ0v) is 12.8. The Morgan fingerprint density at radius 2 is 2.15 bits per heavy atom. The molecule has 0 unspecified atom stereocenters. The predicted molar refractivity (Wildman–Crippen MR) is 79.1 cm³/mol. The molecule has 0 bridgehead atoms. The van der Waals surface area contributed by atoms with Gasteiger partial charge in [-0.1, -0.05) is 30.3 Å². The number of aromatic nitrogens is 2. The normalized spacial score (nSPS) is 10.3. The highest BCUT2D eigenvalue weighted by Crippen LogP contribution is 2.14. The number of ether oxygens (including phenoxy) is 1. The molecule has 5 nitrogen and oxygen atoms in total. The van der Waals surface area contributed by atoms with Crippen LogP contribution >= 0.6 is 15.9 Å². The first kappa shape index (κ1) is 14.6. The second kappa shape index (κ2) is 7.09. The van der Waals surface area contributed by atoms with Gasteiger partial charge in [0.25, 0.3) is 0 Å². The van der Waals surface area contributed by atoms with Crippen molar-refractivity contribution in [3.63, 3.8) is 0 Å². The summed E-state index contributed by atoms with van der Waals surface area (Å²) in [5, 5.41) is 7.00. The van der Waals surface area contributed by atoms with Crippen LogP contribution in [0.4, 0.5) is 4.79 Å². The van der Waals surface area contributed by atoms with Gasteiger partial charge in [-0.15, -0.1) is 0 Å². The molecule has 0 aliphatic heterocycles. The maximum atomic E-state index is 11.6. The number of amides is 1. The maximum Gasteiger partial charge on any atom is 0.407 e. The van der Waals surface area contributed by atoms with E-state index >= 15 is 0 Å². The Morgan fingerprint density at radius 3 is 2.80 bits per heavy atom. The summed E-state index contributed by atoms with van der Waals surface area (Å²) in [7, 11) is 0. The number of halogens is 1. The van der Waals surface area contributed by atoms with E-state index in [0.717, 1.165) is 22.3 Å². The number of nitrogens with zero attached hydrogens (tertiary/aromatic N) is 2. The van der Waals surface area contributed by atoms with E-state index in [9.17, 15) is 4.79 Å². The lowest BCUT2D eigenvalue weighted by Gasteiger charge is -2.06. The SMILES string of the molecule is CCn1cc(Br)c(CNC(=O)OCc2ccccc2)n1. The van der Waals surface area contributed by atoms with Gasteiger partial charge in [-0.05, 0) is 28.4 Å². The quantitative estimate of drug-likeness (QED) is 0.911. The molecule has 1 aromatic heterocycles. The van der Waals surface area contributed by atoms with Crippen LogP contribution in [0.1, 0.15) is 18.2 Å². The van der Waals surface area contributed by atoms with E-state index in [1.165, 1.54) is 0 Å². The van der Waals surface area contributed by atoms with Gasteiger partial charge in [0.15, 0.2) is 0 Å². The Kier molecular flexibility index (Phi) is 5.17. The molecule has 2 rings (SSSR count). The zero-order valence-electron chi connectivity index (χ0n) is 11.2. The smallest absolute Gasteiger partial charge is 0.407 e. The van der Waals surface area contributed by atoms with Crippen LogP contribution in [-0.4, -0.2) is 15.9 Å². The molecule has 1 heterocycles.